The molecule has 0 saturated carbocycles. The van der Waals surface area contributed by atoms with Gasteiger partial charge >= 0.3 is 0 Å². The summed E-state index contributed by atoms with van der Waals surface area (Å²) in [6.07, 6.45) is 5.11. The number of ketones is 1. The molecule has 32 heavy (non-hydrogen) atoms. The van der Waals surface area contributed by atoms with E-state index in [1.54, 1.807) is 6.07 Å². The number of benzene rings is 2. The van der Waals surface area contributed by atoms with Crippen LogP contribution in [0.1, 0.15) is 48.7 Å². The van der Waals surface area contributed by atoms with Crippen LogP contribution >= 0.6 is 0 Å². The lowest BCUT2D eigenvalue weighted by molar-refractivity contribution is -0.925. The van der Waals surface area contributed by atoms with E-state index in [2.05, 4.69) is 43.7 Å². The number of para-hydroxylation sites is 1. The maximum atomic E-state index is 13.2. The Balaban J connectivity index is 1.50. The van der Waals surface area contributed by atoms with Crippen molar-refractivity contribution in [3.05, 3.63) is 65.0 Å². The molecule has 5 heteroatoms. The van der Waals surface area contributed by atoms with Crippen LogP contribution in [0.25, 0.3) is 17.0 Å². The maximum Gasteiger partial charge on any atom is 0.231 e. The Morgan fingerprint density at radius 3 is 2.66 bits per heavy atom. The fourth-order valence-electron chi connectivity index (χ4n) is 5.57. The third-order valence-electron chi connectivity index (χ3n) is 6.85. The smallest absolute Gasteiger partial charge is 0.231 e. The van der Waals surface area contributed by atoms with E-state index in [1.807, 2.05) is 18.2 Å². The minimum absolute atomic E-state index is 0.0428. The number of rotatable bonds is 4. The molecule has 2 unspecified atom stereocenters. The molecule has 1 aromatic heterocycles. The Bertz CT molecular complexity index is 1210. The Morgan fingerprint density at radius 1 is 1.16 bits per heavy atom. The molecule has 3 heterocycles. The lowest BCUT2D eigenvalue weighted by Gasteiger charge is -2.33. The van der Waals surface area contributed by atoms with Gasteiger partial charge in [-0.25, -0.2) is 0 Å². The predicted molar refractivity (Wildman–Crippen MR) is 124 cm³/mol. The first-order valence-corrected chi connectivity index (χ1v) is 11.6. The van der Waals surface area contributed by atoms with Crippen LogP contribution in [0.2, 0.25) is 0 Å². The van der Waals surface area contributed by atoms with Crippen molar-refractivity contribution in [2.24, 2.45) is 11.8 Å². The van der Waals surface area contributed by atoms with E-state index in [4.69, 9.17) is 4.74 Å². The largest absolute Gasteiger partial charge is 0.872 e. The summed E-state index contributed by atoms with van der Waals surface area (Å²) in [5.74, 6) is 1.83. The van der Waals surface area contributed by atoms with Crippen LogP contribution in [0, 0.1) is 11.8 Å². The fourth-order valence-corrected chi connectivity index (χ4v) is 5.57. The summed E-state index contributed by atoms with van der Waals surface area (Å²) in [6, 6.07) is 11.3. The van der Waals surface area contributed by atoms with Gasteiger partial charge in [-0.1, -0.05) is 43.9 Å². The molecule has 0 amide bonds. The molecule has 3 aromatic rings. The average molecular weight is 431 g/mol. The molecule has 1 fully saturated rings. The lowest BCUT2D eigenvalue weighted by Crippen LogP contribution is -3.13. The van der Waals surface area contributed by atoms with Crippen LogP contribution in [0.3, 0.4) is 0 Å². The van der Waals surface area contributed by atoms with Gasteiger partial charge in [0.1, 0.15) is 12.3 Å². The quantitative estimate of drug-likeness (QED) is 0.646. The standard InChI is InChI=1S/C27H30N2O3/c1-4-29-15-19(20-7-5-6-8-23(20)29)12-25-26(31)21-9-10-24(30)22(27(21)32-25)16-28-13-17(2)11-18(3)14-28/h5-10,12,15,17-18,30H,4,11,13-14,16H2,1-3H3. The highest BCUT2D eigenvalue weighted by molar-refractivity contribution is 6.15. The first kappa shape index (κ1) is 20.8. The van der Waals surface area contributed by atoms with Gasteiger partial charge in [-0.3, -0.25) is 4.79 Å². The Kier molecular flexibility index (Phi) is 5.30. The van der Waals surface area contributed by atoms with Gasteiger partial charge < -0.3 is 19.3 Å². The summed E-state index contributed by atoms with van der Waals surface area (Å²) in [5, 5.41) is 13.9. The summed E-state index contributed by atoms with van der Waals surface area (Å²) in [6.45, 7) is 10.2. The zero-order valence-corrected chi connectivity index (χ0v) is 19.0. The number of carbonyl (C=O) groups excluding carboxylic acids is 1. The number of likely N-dealkylation sites (tertiary alicyclic amines) is 1. The molecule has 166 valence electrons. The minimum Gasteiger partial charge on any atom is -0.872 e. The predicted octanol–water partition coefficient (Wildman–Crippen LogP) is 3.41. The molecule has 5 rings (SSSR count). The van der Waals surface area contributed by atoms with Gasteiger partial charge in [-0.2, -0.15) is 0 Å². The minimum atomic E-state index is -0.148. The van der Waals surface area contributed by atoms with Crippen molar-refractivity contribution in [2.75, 3.05) is 13.1 Å². The summed E-state index contributed by atoms with van der Waals surface area (Å²) < 4.78 is 8.28. The van der Waals surface area contributed by atoms with Gasteiger partial charge in [0.05, 0.1) is 18.7 Å². The first-order valence-electron chi connectivity index (χ1n) is 11.6. The summed E-state index contributed by atoms with van der Waals surface area (Å²) >= 11 is 0. The van der Waals surface area contributed by atoms with E-state index < -0.39 is 0 Å². The Hall–Kier alpha value is -3.05. The molecule has 0 spiro atoms. The summed E-state index contributed by atoms with van der Waals surface area (Å²) in [7, 11) is 0. The second-order valence-electron chi connectivity index (χ2n) is 9.53. The van der Waals surface area contributed by atoms with Crippen LogP contribution in [-0.2, 0) is 13.1 Å². The van der Waals surface area contributed by atoms with Crippen molar-refractivity contribution in [1.82, 2.24) is 4.57 Å². The van der Waals surface area contributed by atoms with Crippen LogP contribution in [0.4, 0.5) is 0 Å². The average Bonchev–Trinajstić information content (AvgIpc) is 3.28. The molecule has 2 aromatic carbocycles. The van der Waals surface area contributed by atoms with Gasteiger partial charge in [0, 0.05) is 46.6 Å². The molecular formula is C27H30N2O3. The van der Waals surface area contributed by atoms with E-state index in [-0.39, 0.29) is 11.5 Å². The second-order valence-corrected chi connectivity index (χ2v) is 9.53. The van der Waals surface area contributed by atoms with Crippen LogP contribution in [-0.4, -0.2) is 23.4 Å². The third-order valence-corrected chi connectivity index (χ3v) is 6.85. The monoisotopic (exact) mass is 430 g/mol. The molecule has 0 radical (unpaired) electrons. The van der Waals surface area contributed by atoms with Gasteiger partial charge in [0.2, 0.25) is 5.78 Å². The SMILES string of the molecule is CCn1cc(C=C2Oc3c(ccc([O-])c3C[NH+]3CC(C)CC(C)C3)C2=O)c2ccccc21. The number of piperidine rings is 1. The summed E-state index contributed by atoms with van der Waals surface area (Å²) in [4.78, 5) is 14.6. The fraction of sp³-hybridized carbons (Fsp3) is 0.370. The van der Waals surface area contributed by atoms with E-state index in [0.717, 1.165) is 36.1 Å². The Labute approximate surface area is 188 Å². The van der Waals surface area contributed by atoms with Crippen molar-refractivity contribution in [2.45, 2.75) is 40.3 Å². The third kappa shape index (κ3) is 3.61. The second kappa shape index (κ2) is 8.14. The zero-order valence-electron chi connectivity index (χ0n) is 19.0. The van der Waals surface area contributed by atoms with E-state index in [0.29, 0.717) is 41.0 Å². The first-order chi connectivity index (χ1) is 15.4. The number of aromatic nitrogens is 1. The number of quaternary nitrogens is 1. The highest BCUT2D eigenvalue weighted by Crippen LogP contribution is 2.39. The van der Waals surface area contributed by atoms with Crippen LogP contribution in [0.15, 0.2) is 48.4 Å². The molecule has 1 saturated heterocycles. The van der Waals surface area contributed by atoms with Gasteiger partial charge in [0.25, 0.3) is 0 Å². The van der Waals surface area contributed by atoms with Gasteiger partial charge in [-0.15, -0.1) is 0 Å². The number of Topliss-reactive ketones (excluding diaryl/α,β-unsaturated/α-hetero) is 1. The van der Waals surface area contributed by atoms with E-state index >= 15 is 0 Å². The van der Waals surface area contributed by atoms with Gasteiger partial charge in [0.15, 0.2) is 5.76 Å². The molecule has 2 atom stereocenters. The highest BCUT2D eigenvalue weighted by atomic mass is 16.5. The number of ether oxygens (including phenoxy) is 1. The number of allylic oxidation sites excluding steroid dienone is 1. The maximum absolute atomic E-state index is 13.2. The number of aryl methyl sites for hydroxylation is 1. The van der Waals surface area contributed by atoms with Crippen molar-refractivity contribution in [1.29, 1.82) is 0 Å². The molecular weight excluding hydrogens is 400 g/mol. The van der Waals surface area contributed by atoms with Crippen molar-refractivity contribution < 1.29 is 19.5 Å². The highest BCUT2D eigenvalue weighted by Gasteiger charge is 2.33. The van der Waals surface area contributed by atoms with Crippen LogP contribution in [0.5, 0.6) is 11.5 Å². The molecule has 2 aliphatic rings. The van der Waals surface area contributed by atoms with Crippen molar-refractivity contribution >= 4 is 22.8 Å². The van der Waals surface area contributed by atoms with Crippen molar-refractivity contribution in [3.63, 3.8) is 0 Å². The topological polar surface area (TPSA) is 58.7 Å². The summed E-state index contributed by atoms with van der Waals surface area (Å²) in [5.41, 5.74) is 3.21. The molecule has 1 N–H and O–H groups in total. The molecule has 0 aliphatic carbocycles. The Morgan fingerprint density at radius 2 is 1.91 bits per heavy atom. The van der Waals surface area contributed by atoms with Crippen molar-refractivity contribution in [3.8, 4) is 11.5 Å². The van der Waals surface area contributed by atoms with E-state index in [1.165, 1.54) is 17.4 Å². The molecule has 0 bridgehead atoms. The number of fused-ring (bicyclic) bond motifs is 2. The molecule has 5 nitrogen and oxygen atoms in total. The number of nitrogens with one attached hydrogen (secondary N) is 1. The number of hydrogen-bond donors (Lipinski definition) is 1. The van der Waals surface area contributed by atoms with E-state index in [9.17, 15) is 9.90 Å². The number of hydrogen-bond acceptors (Lipinski definition) is 3. The van der Waals surface area contributed by atoms with Crippen LogP contribution < -0.4 is 14.7 Å². The molecule has 2 aliphatic heterocycles. The number of carbonyl (C=O) groups is 1. The number of nitrogens with zero attached hydrogens (tertiary/aromatic N) is 1. The normalized spacial score (nSPS) is 24.2. The lowest BCUT2D eigenvalue weighted by atomic mass is 9.91. The zero-order chi connectivity index (χ0) is 22.4. The van der Waals surface area contributed by atoms with Gasteiger partial charge in [-0.05, 0) is 31.6 Å².